The van der Waals surface area contributed by atoms with Crippen molar-refractivity contribution < 1.29 is 44.3 Å². The third kappa shape index (κ3) is 3.88. The second kappa shape index (κ2) is 6.98. The maximum atomic E-state index is 11.4. The Kier molecular flexibility index (Phi) is 6.18. The van der Waals surface area contributed by atoms with Gasteiger partial charge in [-0.25, -0.2) is 0 Å². The summed E-state index contributed by atoms with van der Waals surface area (Å²) in [5.41, 5.74) is 0. The molecule has 0 aliphatic heterocycles. The van der Waals surface area contributed by atoms with Gasteiger partial charge in [-0.05, 0) is 6.92 Å². The van der Waals surface area contributed by atoms with Crippen molar-refractivity contribution >= 4 is 8.25 Å². The lowest BCUT2D eigenvalue weighted by Gasteiger charge is -2.38. The molecule has 10 heteroatoms. The molecule has 1 fully saturated rings. The Morgan fingerprint density at radius 1 is 1.00 bits per heavy atom. The fourth-order valence-corrected chi connectivity index (χ4v) is 2.48. The monoisotopic (exact) mass is 301 g/mol. The lowest BCUT2D eigenvalue weighted by molar-refractivity contribution is -0.217. The van der Waals surface area contributed by atoms with E-state index in [1.165, 1.54) is 6.92 Å². The van der Waals surface area contributed by atoms with Gasteiger partial charge in [-0.3, -0.25) is 0 Å². The second-order valence-electron chi connectivity index (χ2n) is 4.35. The molecular weight excluding hydrogens is 283 g/mol. The molecule has 0 spiro atoms. The molecule has 0 radical (unpaired) electrons. The molecular formula is C9H18O9P+. The van der Waals surface area contributed by atoms with Crippen LogP contribution in [0.15, 0.2) is 0 Å². The van der Waals surface area contributed by atoms with E-state index in [-0.39, 0.29) is 0 Å². The summed E-state index contributed by atoms with van der Waals surface area (Å²) < 4.78 is 20.8. The number of hydrogen-bond donors (Lipinski definition) is 6. The van der Waals surface area contributed by atoms with Gasteiger partial charge in [0.15, 0.2) is 6.10 Å². The molecule has 0 aromatic heterocycles. The molecule has 0 bridgehead atoms. The molecule has 0 aromatic carbocycles. The quantitative estimate of drug-likeness (QED) is 0.296. The van der Waals surface area contributed by atoms with Crippen LogP contribution in [-0.2, 0) is 13.6 Å². The standard InChI is InChI=1S/C9H18O9P/c1-3(2-10)17-19(16)18-9-7(14)5(12)4(11)6(13)8(9)15/h3-15H,2H2,1H3/q+1. The van der Waals surface area contributed by atoms with Gasteiger partial charge in [0.05, 0.1) is 6.61 Å². The van der Waals surface area contributed by atoms with Gasteiger partial charge in [-0.15, -0.1) is 9.05 Å². The fourth-order valence-electron chi connectivity index (χ4n) is 1.63. The molecule has 9 nitrogen and oxygen atoms in total. The van der Waals surface area contributed by atoms with Crippen LogP contribution in [0.3, 0.4) is 0 Å². The van der Waals surface area contributed by atoms with E-state index in [1.807, 2.05) is 0 Å². The smallest absolute Gasteiger partial charge is 0.393 e. The second-order valence-corrected chi connectivity index (χ2v) is 5.21. The number of aliphatic hydroxyl groups is 6. The van der Waals surface area contributed by atoms with Crippen LogP contribution in [-0.4, -0.2) is 80.0 Å². The van der Waals surface area contributed by atoms with Crippen molar-refractivity contribution in [2.45, 2.75) is 49.7 Å². The average Bonchev–Trinajstić information content (AvgIpc) is 2.39. The lowest BCUT2D eigenvalue weighted by Crippen LogP contribution is -2.63. The lowest BCUT2D eigenvalue weighted by atomic mass is 9.85. The van der Waals surface area contributed by atoms with Gasteiger partial charge in [0, 0.05) is 4.57 Å². The minimum absolute atomic E-state index is 0.413. The first-order chi connectivity index (χ1) is 8.79. The van der Waals surface area contributed by atoms with Crippen molar-refractivity contribution in [2.24, 2.45) is 0 Å². The Balaban J connectivity index is 2.67. The molecule has 6 atom stereocenters. The molecule has 1 rings (SSSR count). The van der Waals surface area contributed by atoms with E-state index < -0.39 is 57.6 Å². The van der Waals surface area contributed by atoms with Gasteiger partial charge in [0.25, 0.3) is 0 Å². The summed E-state index contributed by atoms with van der Waals surface area (Å²) >= 11 is 0. The first kappa shape index (κ1) is 16.8. The highest BCUT2D eigenvalue weighted by Gasteiger charge is 2.52. The van der Waals surface area contributed by atoms with Crippen LogP contribution in [0, 0.1) is 0 Å². The molecule has 112 valence electrons. The Labute approximate surface area is 110 Å². The highest BCUT2D eigenvalue weighted by Crippen LogP contribution is 2.34. The van der Waals surface area contributed by atoms with Crippen LogP contribution in [0.2, 0.25) is 0 Å². The van der Waals surface area contributed by atoms with Crippen molar-refractivity contribution in [1.82, 2.24) is 0 Å². The van der Waals surface area contributed by atoms with E-state index in [0.29, 0.717) is 0 Å². The van der Waals surface area contributed by atoms with Gasteiger partial charge in [0.2, 0.25) is 0 Å². The van der Waals surface area contributed by atoms with Crippen LogP contribution in [0.1, 0.15) is 6.92 Å². The maximum Gasteiger partial charge on any atom is 0.698 e. The van der Waals surface area contributed by atoms with Crippen LogP contribution in [0.25, 0.3) is 0 Å². The molecule has 0 amide bonds. The predicted molar refractivity (Wildman–Crippen MR) is 60.1 cm³/mol. The van der Waals surface area contributed by atoms with E-state index in [9.17, 15) is 30.1 Å². The van der Waals surface area contributed by atoms with Crippen LogP contribution in [0.4, 0.5) is 0 Å². The molecule has 0 heterocycles. The van der Waals surface area contributed by atoms with E-state index in [1.54, 1.807) is 0 Å². The molecule has 1 aliphatic rings. The summed E-state index contributed by atoms with van der Waals surface area (Å²) in [5.74, 6) is 0. The minimum atomic E-state index is -2.79. The van der Waals surface area contributed by atoms with E-state index in [2.05, 4.69) is 4.52 Å². The molecule has 1 saturated carbocycles. The Bertz CT molecular complexity index is 298. The van der Waals surface area contributed by atoms with Crippen molar-refractivity contribution in [2.75, 3.05) is 6.61 Å². The maximum absolute atomic E-state index is 11.4. The van der Waals surface area contributed by atoms with Crippen molar-refractivity contribution in [3.8, 4) is 0 Å². The van der Waals surface area contributed by atoms with E-state index >= 15 is 0 Å². The third-order valence-electron chi connectivity index (χ3n) is 2.80. The van der Waals surface area contributed by atoms with Crippen LogP contribution < -0.4 is 0 Å². The van der Waals surface area contributed by atoms with Crippen molar-refractivity contribution in [1.29, 1.82) is 0 Å². The zero-order valence-corrected chi connectivity index (χ0v) is 11.0. The van der Waals surface area contributed by atoms with Gasteiger partial charge in [0.1, 0.15) is 36.6 Å². The zero-order valence-electron chi connectivity index (χ0n) is 10.1. The van der Waals surface area contributed by atoms with Gasteiger partial charge >= 0.3 is 8.25 Å². The summed E-state index contributed by atoms with van der Waals surface area (Å²) in [4.78, 5) is 0. The van der Waals surface area contributed by atoms with Gasteiger partial charge in [-0.1, -0.05) is 0 Å². The van der Waals surface area contributed by atoms with E-state index in [4.69, 9.17) is 9.63 Å². The molecule has 6 N–H and O–H groups in total. The highest BCUT2D eigenvalue weighted by molar-refractivity contribution is 7.33. The van der Waals surface area contributed by atoms with Crippen LogP contribution >= 0.6 is 8.25 Å². The molecule has 0 saturated heterocycles. The molecule has 1 aliphatic carbocycles. The van der Waals surface area contributed by atoms with Gasteiger partial charge in [-0.2, -0.15) is 0 Å². The Morgan fingerprint density at radius 3 is 1.84 bits per heavy atom. The van der Waals surface area contributed by atoms with Crippen LogP contribution in [0.5, 0.6) is 0 Å². The highest BCUT2D eigenvalue weighted by atomic mass is 31.1. The van der Waals surface area contributed by atoms with Crippen molar-refractivity contribution in [3.05, 3.63) is 0 Å². The third-order valence-corrected chi connectivity index (χ3v) is 3.75. The normalized spacial score (nSPS) is 41.9. The number of hydrogen-bond acceptors (Lipinski definition) is 9. The summed E-state index contributed by atoms with van der Waals surface area (Å²) in [7, 11) is -2.79. The summed E-state index contributed by atoms with van der Waals surface area (Å²) in [6.07, 6.45) is -11.2. The van der Waals surface area contributed by atoms with E-state index in [0.717, 1.165) is 0 Å². The summed E-state index contributed by atoms with van der Waals surface area (Å²) in [6, 6.07) is 0. The predicted octanol–water partition coefficient (Wildman–Crippen LogP) is -2.76. The molecule has 6 unspecified atom stereocenters. The first-order valence-electron chi connectivity index (χ1n) is 5.61. The summed E-state index contributed by atoms with van der Waals surface area (Å²) in [5, 5.41) is 56.0. The topological polar surface area (TPSA) is 157 Å². The summed E-state index contributed by atoms with van der Waals surface area (Å²) in [6.45, 7) is 1.00. The minimum Gasteiger partial charge on any atom is -0.393 e. The fraction of sp³-hybridized carbons (Fsp3) is 1.00. The largest absolute Gasteiger partial charge is 0.698 e. The van der Waals surface area contributed by atoms with Crippen molar-refractivity contribution in [3.63, 3.8) is 0 Å². The zero-order chi connectivity index (χ0) is 14.7. The number of aliphatic hydroxyl groups excluding tert-OH is 6. The first-order valence-corrected chi connectivity index (χ1v) is 6.71. The SMILES string of the molecule is CC(CO)O[P+](=O)OC1C(O)C(O)C(O)C(O)C1O. The average molecular weight is 301 g/mol. The van der Waals surface area contributed by atoms with Gasteiger partial charge < -0.3 is 30.6 Å². The Morgan fingerprint density at radius 2 is 1.42 bits per heavy atom. The molecule has 0 aromatic rings. The number of rotatable bonds is 5. The molecule has 19 heavy (non-hydrogen) atoms. The Hall–Kier alpha value is -0.220.